The Bertz CT molecular complexity index is 894. The zero-order valence-electron chi connectivity index (χ0n) is 16.6. The van der Waals surface area contributed by atoms with Gasteiger partial charge in [-0.25, -0.2) is 18.1 Å². The summed E-state index contributed by atoms with van der Waals surface area (Å²) in [7, 11) is -3.64. The van der Waals surface area contributed by atoms with Gasteiger partial charge in [-0.05, 0) is 91.9 Å². The van der Waals surface area contributed by atoms with E-state index < -0.39 is 10.0 Å². The van der Waals surface area contributed by atoms with Gasteiger partial charge in [-0.3, -0.25) is 0 Å². The van der Waals surface area contributed by atoms with Crippen molar-refractivity contribution in [3.8, 4) is 0 Å². The molecule has 5 aliphatic rings. The molecule has 2 heterocycles. The number of fused-ring (bicyclic) bond motifs is 2. The minimum Gasteiger partial charge on any atom is -0.366 e. The van der Waals surface area contributed by atoms with E-state index in [1.165, 1.54) is 32.4 Å². The van der Waals surface area contributed by atoms with Gasteiger partial charge in [0.05, 0.1) is 0 Å². The average Bonchev–Trinajstić information content (AvgIpc) is 3.20. The number of halogens is 1. The maximum absolute atomic E-state index is 13.3. The summed E-state index contributed by atoms with van der Waals surface area (Å²) in [6.45, 7) is 2.41. The molecule has 2 saturated carbocycles. The van der Waals surface area contributed by atoms with Crippen LogP contribution in [0.3, 0.4) is 0 Å². The lowest BCUT2D eigenvalue weighted by molar-refractivity contribution is 0.145. The highest BCUT2D eigenvalue weighted by atomic mass is 79.9. The van der Waals surface area contributed by atoms with E-state index in [0.717, 1.165) is 25.7 Å². The van der Waals surface area contributed by atoms with E-state index in [0.29, 0.717) is 28.2 Å². The predicted octanol–water partition coefficient (Wildman–Crippen LogP) is 3.52. The predicted molar refractivity (Wildman–Crippen MR) is 117 cm³/mol. The fraction of sp³-hybridized carbons (Fsp3) is 0.667. The smallest absolute Gasteiger partial charge is 0.244 e. The number of nitrogens with one attached hydrogen (secondary N) is 2. The van der Waals surface area contributed by atoms with Gasteiger partial charge in [0.2, 0.25) is 10.0 Å². The Balaban J connectivity index is 1.29. The first kappa shape index (κ1) is 20.0. The van der Waals surface area contributed by atoms with Crippen molar-refractivity contribution in [3.63, 3.8) is 0 Å². The summed E-state index contributed by atoms with van der Waals surface area (Å²) in [5.41, 5.74) is 0. The van der Waals surface area contributed by atoms with Crippen LogP contribution in [0.2, 0.25) is 0 Å². The van der Waals surface area contributed by atoms with Gasteiger partial charge < -0.3 is 10.2 Å². The average molecular weight is 481 g/mol. The van der Waals surface area contributed by atoms with Gasteiger partial charge in [-0.15, -0.1) is 0 Å². The third kappa shape index (κ3) is 4.13. The molecule has 3 atom stereocenters. The summed E-state index contributed by atoms with van der Waals surface area (Å²) >= 11 is 3.40. The Morgan fingerprint density at radius 3 is 2.55 bits per heavy atom. The molecule has 8 heteroatoms. The normalized spacial score (nSPS) is 34.3. The van der Waals surface area contributed by atoms with Crippen LogP contribution in [0.5, 0.6) is 0 Å². The molecule has 0 spiro atoms. The lowest BCUT2D eigenvalue weighted by Gasteiger charge is -2.42. The molecule has 6 nitrogen and oxygen atoms in total. The van der Waals surface area contributed by atoms with Crippen LogP contribution >= 0.6 is 15.9 Å². The molecule has 2 bridgehead atoms. The highest BCUT2D eigenvalue weighted by molar-refractivity contribution is 9.10. The zero-order valence-corrected chi connectivity index (χ0v) is 19.0. The summed E-state index contributed by atoms with van der Waals surface area (Å²) in [6.07, 6.45) is 14.0. The summed E-state index contributed by atoms with van der Waals surface area (Å²) < 4.78 is 30.2. The Morgan fingerprint density at radius 2 is 1.90 bits per heavy atom. The van der Waals surface area contributed by atoms with Gasteiger partial charge in [-0.2, -0.15) is 0 Å². The van der Waals surface area contributed by atoms with Crippen molar-refractivity contribution in [2.24, 2.45) is 11.8 Å². The fourth-order valence-corrected chi connectivity index (χ4v) is 7.30. The van der Waals surface area contributed by atoms with Crippen molar-refractivity contribution >= 4 is 31.8 Å². The number of hydrogen-bond acceptors (Lipinski definition) is 5. The first-order valence-electron chi connectivity index (χ1n) is 10.8. The number of likely N-dealkylation sites (tertiary alicyclic amines) is 1. The van der Waals surface area contributed by atoms with Crippen LogP contribution < -0.4 is 10.0 Å². The van der Waals surface area contributed by atoms with Gasteiger partial charge in [0, 0.05) is 28.8 Å². The summed E-state index contributed by atoms with van der Waals surface area (Å²) in [5.74, 6) is 1.28. The van der Waals surface area contributed by atoms with Gasteiger partial charge in [-0.1, -0.05) is 12.2 Å². The largest absolute Gasteiger partial charge is 0.366 e. The third-order valence-corrected chi connectivity index (χ3v) is 9.04. The molecule has 6 rings (SSSR count). The number of sulfonamides is 1. The molecule has 0 amide bonds. The van der Waals surface area contributed by atoms with Gasteiger partial charge in [0.1, 0.15) is 10.7 Å². The highest BCUT2D eigenvalue weighted by Crippen LogP contribution is 2.38. The summed E-state index contributed by atoms with van der Waals surface area (Å²) in [6, 6.07) is 2.58. The minimum absolute atomic E-state index is 0.0150. The molecule has 1 aromatic heterocycles. The fourth-order valence-electron chi connectivity index (χ4n) is 5.37. The molecule has 29 heavy (non-hydrogen) atoms. The monoisotopic (exact) mass is 480 g/mol. The Labute approximate surface area is 181 Å². The van der Waals surface area contributed by atoms with E-state index in [2.05, 4.69) is 48.0 Å². The molecule has 0 aromatic carbocycles. The number of allylic oxidation sites excluding steroid dienone is 1. The van der Waals surface area contributed by atoms with E-state index in [1.54, 1.807) is 12.3 Å². The Kier molecular flexibility index (Phi) is 5.47. The van der Waals surface area contributed by atoms with Crippen LogP contribution in [0.4, 0.5) is 5.82 Å². The van der Waals surface area contributed by atoms with E-state index in [1.807, 2.05) is 0 Å². The number of anilines is 1. The van der Waals surface area contributed by atoms with Crippen LogP contribution in [-0.4, -0.2) is 49.5 Å². The number of pyridine rings is 1. The number of rotatable bonds is 6. The lowest BCUT2D eigenvalue weighted by atomic mass is 9.73. The summed E-state index contributed by atoms with van der Waals surface area (Å²) in [4.78, 5) is 7.24. The highest BCUT2D eigenvalue weighted by Gasteiger charge is 2.37. The van der Waals surface area contributed by atoms with Crippen LogP contribution in [0.15, 0.2) is 33.8 Å². The second kappa shape index (κ2) is 7.94. The SMILES string of the molecule is O=S(=O)(NC1CC2C=CC1CC2)c1cc(Br)cnc1NC1CC(N2CCCC2)C1. The lowest BCUT2D eigenvalue weighted by Crippen LogP contribution is -2.49. The van der Waals surface area contributed by atoms with Gasteiger partial charge in [0.15, 0.2) is 0 Å². The van der Waals surface area contributed by atoms with Crippen LogP contribution in [0.25, 0.3) is 0 Å². The molecule has 2 N–H and O–H groups in total. The molecular formula is C21H29BrN4O2S. The molecule has 158 valence electrons. The molecular weight excluding hydrogens is 452 g/mol. The van der Waals surface area contributed by atoms with Crippen LogP contribution in [0, 0.1) is 11.8 Å². The molecule has 3 fully saturated rings. The van der Waals surface area contributed by atoms with E-state index >= 15 is 0 Å². The van der Waals surface area contributed by atoms with Crippen LogP contribution in [0.1, 0.15) is 44.9 Å². The second-order valence-corrected chi connectivity index (χ2v) is 11.7. The van der Waals surface area contributed by atoms with Crippen molar-refractivity contribution in [2.75, 3.05) is 18.4 Å². The zero-order chi connectivity index (χ0) is 20.0. The molecule has 3 unspecified atom stereocenters. The first-order chi connectivity index (χ1) is 14.0. The molecule has 0 radical (unpaired) electrons. The van der Waals surface area contributed by atoms with E-state index in [4.69, 9.17) is 0 Å². The van der Waals surface area contributed by atoms with Crippen molar-refractivity contribution in [2.45, 2.75) is 68.0 Å². The maximum atomic E-state index is 13.3. The standard InChI is InChI=1S/C21H29BrN4O2S/c22-16-10-20(29(27,28)25-19-9-14-3-5-15(19)6-4-14)21(23-13-16)24-17-11-18(12-17)26-7-1-2-8-26/h3,5,10,13-15,17-19,25H,1-2,4,6-9,11-12H2,(H,23,24). The number of nitrogens with zero attached hydrogens (tertiary/aromatic N) is 2. The first-order valence-corrected chi connectivity index (χ1v) is 13.1. The van der Waals surface area contributed by atoms with Crippen molar-refractivity contribution in [3.05, 3.63) is 28.9 Å². The summed E-state index contributed by atoms with van der Waals surface area (Å²) in [5, 5.41) is 3.41. The van der Waals surface area contributed by atoms with Gasteiger partial charge >= 0.3 is 0 Å². The third-order valence-electron chi connectivity index (χ3n) is 7.10. The number of hydrogen-bond donors (Lipinski definition) is 2. The Morgan fingerprint density at radius 1 is 1.10 bits per heavy atom. The van der Waals surface area contributed by atoms with Crippen molar-refractivity contribution < 1.29 is 8.42 Å². The topological polar surface area (TPSA) is 74.3 Å². The van der Waals surface area contributed by atoms with E-state index in [9.17, 15) is 8.42 Å². The molecule has 1 aromatic rings. The van der Waals surface area contributed by atoms with E-state index in [-0.39, 0.29) is 17.0 Å². The Hall–Kier alpha value is -0.960. The maximum Gasteiger partial charge on any atom is 0.244 e. The van der Waals surface area contributed by atoms with Gasteiger partial charge in [0.25, 0.3) is 0 Å². The number of aromatic nitrogens is 1. The quantitative estimate of drug-likeness (QED) is 0.609. The molecule has 4 aliphatic carbocycles. The van der Waals surface area contributed by atoms with Crippen molar-refractivity contribution in [1.29, 1.82) is 0 Å². The van der Waals surface area contributed by atoms with Crippen molar-refractivity contribution in [1.82, 2.24) is 14.6 Å². The molecule has 1 saturated heterocycles. The molecule has 1 aliphatic heterocycles. The second-order valence-electron chi connectivity index (χ2n) is 9.06. The van der Waals surface area contributed by atoms with Crippen LogP contribution in [-0.2, 0) is 10.0 Å². The minimum atomic E-state index is -3.64.